The minimum atomic E-state index is -0.844. The Morgan fingerprint density at radius 3 is 2.89 bits per heavy atom. The van der Waals surface area contributed by atoms with E-state index >= 15 is 0 Å². The minimum Gasteiger partial charge on any atom is -0.481 e. The zero-order valence-electron chi connectivity index (χ0n) is 10.6. The van der Waals surface area contributed by atoms with E-state index in [-0.39, 0.29) is 5.75 Å². The van der Waals surface area contributed by atoms with Gasteiger partial charge >= 0.3 is 5.97 Å². The van der Waals surface area contributed by atoms with Crippen molar-refractivity contribution < 1.29 is 9.90 Å². The molecule has 0 aliphatic carbocycles. The van der Waals surface area contributed by atoms with Crippen LogP contribution >= 0.6 is 27.7 Å². The number of carbonyl (C=O) groups is 1. The molecule has 0 spiro atoms. The smallest absolute Gasteiger partial charge is 0.313 e. The number of imidazole rings is 1. The lowest BCUT2D eigenvalue weighted by molar-refractivity contribution is -0.133. The third kappa shape index (κ3) is 3.19. The van der Waals surface area contributed by atoms with Crippen molar-refractivity contribution >= 4 is 33.7 Å². The maximum absolute atomic E-state index is 10.7. The molecular formula is C13H13BrN2O2S. The molecule has 100 valence electrons. The van der Waals surface area contributed by atoms with E-state index in [4.69, 9.17) is 5.11 Å². The van der Waals surface area contributed by atoms with Crippen LogP contribution in [0.15, 0.2) is 34.0 Å². The van der Waals surface area contributed by atoms with Crippen LogP contribution in [-0.2, 0) is 4.79 Å². The highest BCUT2D eigenvalue weighted by atomic mass is 79.9. The van der Waals surface area contributed by atoms with Gasteiger partial charge in [-0.15, -0.1) is 0 Å². The molecule has 1 aromatic heterocycles. The van der Waals surface area contributed by atoms with Crippen molar-refractivity contribution in [2.75, 3.05) is 5.75 Å². The normalized spacial score (nSPS) is 10.7. The van der Waals surface area contributed by atoms with E-state index in [1.54, 1.807) is 0 Å². The van der Waals surface area contributed by atoms with E-state index in [0.717, 1.165) is 21.4 Å². The monoisotopic (exact) mass is 340 g/mol. The van der Waals surface area contributed by atoms with E-state index in [1.165, 1.54) is 11.8 Å². The summed E-state index contributed by atoms with van der Waals surface area (Å²) >= 11 is 4.72. The molecule has 1 N–H and O–H groups in total. The molecule has 0 bridgehead atoms. The molecule has 0 fully saturated rings. The van der Waals surface area contributed by atoms with E-state index < -0.39 is 5.97 Å². The maximum atomic E-state index is 10.7. The van der Waals surface area contributed by atoms with Gasteiger partial charge in [0, 0.05) is 10.7 Å². The zero-order valence-corrected chi connectivity index (χ0v) is 13.0. The number of hydrogen-bond donors (Lipinski definition) is 1. The van der Waals surface area contributed by atoms with Crippen molar-refractivity contribution in [2.24, 2.45) is 0 Å². The number of aryl methyl sites for hydroxylation is 1. The summed E-state index contributed by atoms with van der Waals surface area (Å²) in [4.78, 5) is 15.1. The highest BCUT2D eigenvalue weighted by Crippen LogP contribution is 2.27. The molecular weight excluding hydrogens is 328 g/mol. The summed E-state index contributed by atoms with van der Waals surface area (Å²) in [7, 11) is 0. The number of carboxylic acid groups (broad SMARTS) is 1. The topological polar surface area (TPSA) is 55.1 Å². The quantitative estimate of drug-likeness (QED) is 0.866. The SMILES string of the molecule is Cc1cn(-c2cccc(Br)c2C)c(SCC(=O)O)n1. The molecule has 2 aromatic rings. The summed E-state index contributed by atoms with van der Waals surface area (Å²) in [5, 5.41) is 9.47. The predicted molar refractivity (Wildman–Crippen MR) is 79.1 cm³/mol. The molecule has 0 atom stereocenters. The van der Waals surface area contributed by atoms with Gasteiger partial charge in [-0.25, -0.2) is 4.98 Å². The second kappa shape index (κ2) is 5.79. The van der Waals surface area contributed by atoms with Crippen LogP contribution in [0.4, 0.5) is 0 Å². The number of halogens is 1. The number of aromatic nitrogens is 2. The van der Waals surface area contributed by atoms with Gasteiger partial charge in [-0.05, 0) is 31.5 Å². The Labute approximate surface area is 124 Å². The number of carboxylic acids is 1. The first-order valence-corrected chi connectivity index (χ1v) is 7.43. The fraction of sp³-hybridized carbons (Fsp3) is 0.231. The molecule has 0 aliphatic heterocycles. The van der Waals surface area contributed by atoms with Gasteiger partial charge < -0.3 is 5.11 Å². The second-order valence-corrected chi connectivity index (χ2v) is 5.90. The molecule has 1 heterocycles. The van der Waals surface area contributed by atoms with Gasteiger partial charge in [0.2, 0.25) is 0 Å². The zero-order chi connectivity index (χ0) is 14.0. The molecule has 0 saturated heterocycles. The molecule has 0 saturated carbocycles. The third-order valence-corrected chi connectivity index (χ3v) is 4.41. The maximum Gasteiger partial charge on any atom is 0.313 e. The highest BCUT2D eigenvalue weighted by Gasteiger charge is 2.12. The van der Waals surface area contributed by atoms with Crippen molar-refractivity contribution in [3.63, 3.8) is 0 Å². The average molecular weight is 341 g/mol. The molecule has 1 aromatic carbocycles. The first-order chi connectivity index (χ1) is 8.99. The van der Waals surface area contributed by atoms with Gasteiger partial charge in [0.15, 0.2) is 5.16 Å². The Hall–Kier alpha value is -1.27. The van der Waals surface area contributed by atoms with E-state index in [1.807, 2.05) is 42.8 Å². The number of hydrogen-bond acceptors (Lipinski definition) is 3. The van der Waals surface area contributed by atoms with E-state index in [2.05, 4.69) is 20.9 Å². The predicted octanol–water partition coefficient (Wildman–Crippen LogP) is 3.43. The van der Waals surface area contributed by atoms with Gasteiger partial charge in [0.1, 0.15) is 0 Å². The Morgan fingerprint density at radius 2 is 2.21 bits per heavy atom. The molecule has 0 radical (unpaired) electrons. The van der Waals surface area contributed by atoms with Crippen molar-refractivity contribution in [1.29, 1.82) is 0 Å². The summed E-state index contributed by atoms with van der Waals surface area (Å²) in [6.07, 6.45) is 1.92. The number of rotatable bonds is 4. The lowest BCUT2D eigenvalue weighted by atomic mass is 10.2. The van der Waals surface area contributed by atoms with Crippen LogP contribution in [0.5, 0.6) is 0 Å². The molecule has 19 heavy (non-hydrogen) atoms. The number of aliphatic carboxylic acids is 1. The summed E-state index contributed by atoms with van der Waals surface area (Å²) in [6, 6.07) is 5.92. The molecule has 6 heteroatoms. The van der Waals surface area contributed by atoms with Gasteiger partial charge in [-0.3, -0.25) is 9.36 Å². The third-order valence-electron chi connectivity index (χ3n) is 2.62. The van der Waals surface area contributed by atoms with Crippen LogP contribution in [0.3, 0.4) is 0 Å². The van der Waals surface area contributed by atoms with Crippen molar-refractivity contribution in [3.8, 4) is 5.69 Å². The van der Waals surface area contributed by atoms with Crippen LogP contribution in [-0.4, -0.2) is 26.4 Å². The highest BCUT2D eigenvalue weighted by molar-refractivity contribution is 9.10. The molecule has 0 aliphatic rings. The minimum absolute atomic E-state index is 0.00348. The van der Waals surface area contributed by atoms with Gasteiger partial charge in [-0.1, -0.05) is 33.8 Å². The molecule has 2 rings (SSSR count). The summed E-state index contributed by atoms with van der Waals surface area (Å²) in [5.74, 6) is -0.841. The summed E-state index contributed by atoms with van der Waals surface area (Å²) in [5.41, 5.74) is 2.97. The molecule has 0 amide bonds. The van der Waals surface area contributed by atoms with Gasteiger partial charge in [0.05, 0.1) is 17.1 Å². The van der Waals surface area contributed by atoms with Crippen LogP contribution in [0.2, 0.25) is 0 Å². The van der Waals surface area contributed by atoms with Crippen molar-refractivity contribution in [2.45, 2.75) is 19.0 Å². The van der Waals surface area contributed by atoms with Crippen molar-refractivity contribution in [3.05, 3.63) is 40.1 Å². The molecule has 0 unspecified atom stereocenters. The fourth-order valence-corrected chi connectivity index (χ4v) is 2.84. The van der Waals surface area contributed by atoms with Crippen LogP contribution in [0.25, 0.3) is 5.69 Å². The van der Waals surface area contributed by atoms with E-state index in [9.17, 15) is 4.79 Å². The molecule has 4 nitrogen and oxygen atoms in total. The van der Waals surface area contributed by atoms with Crippen LogP contribution < -0.4 is 0 Å². The standard InChI is InChI=1S/C13H13BrN2O2S/c1-8-6-16(13(15-8)19-7-12(17)18)11-5-3-4-10(14)9(11)2/h3-6H,7H2,1-2H3,(H,17,18). The van der Waals surface area contributed by atoms with Gasteiger partial charge in [0.25, 0.3) is 0 Å². The number of benzene rings is 1. The van der Waals surface area contributed by atoms with E-state index in [0.29, 0.717) is 5.16 Å². The second-order valence-electron chi connectivity index (χ2n) is 4.10. The van der Waals surface area contributed by atoms with Gasteiger partial charge in [-0.2, -0.15) is 0 Å². The Balaban J connectivity index is 2.44. The van der Waals surface area contributed by atoms with Crippen molar-refractivity contribution in [1.82, 2.24) is 9.55 Å². The Morgan fingerprint density at radius 1 is 1.47 bits per heavy atom. The number of nitrogens with zero attached hydrogens (tertiary/aromatic N) is 2. The Bertz CT molecular complexity index is 625. The van der Waals surface area contributed by atoms with Crippen LogP contribution in [0.1, 0.15) is 11.3 Å². The fourth-order valence-electron chi connectivity index (χ4n) is 1.73. The largest absolute Gasteiger partial charge is 0.481 e. The lowest BCUT2D eigenvalue weighted by Crippen LogP contribution is -2.02. The van der Waals surface area contributed by atoms with Crippen LogP contribution in [0, 0.1) is 13.8 Å². The number of thioether (sulfide) groups is 1. The average Bonchev–Trinajstić information content (AvgIpc) is 2.71. The first kappa shape index (κ1) is 14.1. The first-order valence-electron chi connectivity index (χ1n) is 5.65. The summed E-state index contributed by atoms with van der Waals surface area (Å²) in [6.45, 7) is 3.91. The Kier molecular flexibility index (Phi) is 4.31. The lowest BCUT2D eigenvalue weighted by Gasteiger charge is -2.11. The summed E-state index contributed by atoms with van der Waals surface area (Å²) < 4.78 is 2.95.